The number of nitrogens with zero attached hydrogens (tertiary/aromatic N) is 3. The fourth-order valence-corrected chi connectivity index (χ4v) is 4.11. The summed E-state index contributed by atoms with van der Waals surface area (Å²) in [6.07, 6.45) is 1.77. The van der Waals surface area contributed by atoms with Gasteiger partial charge in [0, 0.05) is 11.6 Å². The molecular weight excluding hydrogens is 444 g/mol. The van der Waals surface area contributed by atoms with Crippen LogP contribution in [-0.2, 0) is 17.9 Å². The second-order valence-electron chi connectivity index (χ2n) is 7.45. The van der Waals surface area contributed by atoms with Crippen molar-refractivity contribution in [2.24, 2.45) is 0 Å². The Morgan fingerprint density at radius 1 is 1.25 bits per heavy atom. The number of aryl methyl sites for hydroxylation is 2. The summed E-state index contributed by atoms with van der Waals surface area (Å²) in [5, 5.41) is 12.9. The number of rotatable bonds is 10. The van der Waals surface area contributed by atoms with Crippen molar-refractivity contribution in [2.75, 3.05) is 5.75 Å². The highest BCUT2D eigenvalue weighted by atomic mass is 35.5. The minimum absolute atomic E-state index is 0.0643. The average Bonchev–Trinajstić information content (AvgIpc) is 3.16. The van der Waals surface area contributed by atoms with Crippen LogP contribution in [0, 0.1) is 13.8 Å². The van der Waals surface area contributed by atoms with Gasteiger partial charge in [0.1, 0.15) is 12.4 Å². The molecule has 1 unspecified atom stereocenters. The third kappa shape index (κ3) is 6.14. The average molecular weight is 471 g/mol. The molecule has 0 saturated heterocycles. The van der Waals surface area contributed by atoms with Crippen LogP contribution in [0.15, 0.2) is 60.3 Å². The van der Waals surface area contributed by atoms with E-state index in [1.807, 2.05) is 67.8 Å². The zero-order valence-corrected chi connectivity index (χ0v) is 20.0. The second-order valence-corrected chi connectivity index (χ2v) is 8.77. The molecule has 0 bridgehead atoms. The first-order valence-electron chi connectivity index (χ1n) is 10.3. The lowest BCUT2D eigenvalue weighted by atomic mass is 10.1. The van der Waals surface area contributed by atoms with Crippen LogP contribution in [0.25, 0.3) is 0 Å². The molecule has 168 valence electrons. The van der Waals surface area contributed by atoms with Crippen LogP contribution in [0.1, 0.15) is 35.5 Å². The summed E-state index contributed by atoms with van der Waals surface area (Å²) >= 11 is 7.57. The Kier molecular flexibility index (Phi) is 8.36. The molecule has 0 aliphatic carbocycles. The van der Waals surface area contributed by atoms with E-state index in [-0.39, 0.29) is 24.3 Å². The van der Waals surface area contributed by atoms with Crippen LogP contribution in [0.5, 0.6) is 5.75 Å². The van der Waals surface area contributed by atoms with Gasteiger partial charge in [0.15, 0.2) is 11.0 Å². The number of hydrogen-bond donors (Lipinski definition) is 1. The van der Waals surface area contributed by atoms with Gasteiger partial charge in [0.2, 0.25) is 5.91 Å². The first-order valence-corrected chi connectivity index (χ1v) is 11.6. The van der Waals surface area contributed by atoms with Crippen molar-refractivity contribution in [2.45, 2.75) is 45.1 Å². The fraction of sp³-hybridized carbons (Fsp3) is 0.292. The van der Waals surface area contributed by atoms with Crippen molar-refractivity contribution in [3.8, 4) is 5.75 Å². The van der Waals surface area contributed by atoms with Crippen LogP contribution in [0.3, 0.4) is 0 Å². The van der Waals surface area contributed by atoms with Gasteiger partial charge in [0.25, 0.3) is 0 Å². The van der Waals surface area contributed by atoms with Gasteiger partial charge in [-0.15, -0.1) is 16.8 Å². The number of hydrogen-bond acceptors (Lipinski definition) is 5. The molecule has 32 heavy (non-hydrogen) atoms. The van der Waals surface area contributed by atoms with E-state index in [1.54, 1.807) is 6.08 Å². The van der Waals surface area contributed by atoms with Gasteiger partial charge < -0.3 is 10.1 Å². The Morgan fingerprint density at radius 3 is 2.59 bits per heavy atom. The van der Waals surface area contributed by atoms with Crippen molar-refractivity contribution in [3.63, 3.8) is 0 Å². The normalized spacial score (nSPS) is 11.8. The van der Waals surface area contributed by atoms with Gasteiger partial charge >= 0.3 is 0 Å². The van der Waals surface area contributed by atoms with Crippen molar-refractivity contribution in [1.29, 1.82) is 0 Å². The molecule has 1 N–H and O–H groups in total. The largest absolute Gasteiger partial charge is 0.486 e. The number of nitrogens with one attached hydrogen (secondary N) is 1. The smallest absolute Gasteiger partial charge is 0.230 e. The first kappa shape index (κ1) is 23.9. The van der Waals surface area contributed by atoms with Crippen LogP contribution < -0.4 is 10.1 Å². The summed E-state index contributed by atoms with van der Waals surface area (Å²) in [5.41, 5.74) is 2.98. The molecule has 1 aromatic heterocycles. The van der Waals surface area contributed by atoms with E-state index < -0.39 is 0 Å². The SMILES string of the molecule is C=CCn1c(COc2cc(C)c(Cl)c(C)c2)nnc1SCC(=O)NC(C)c1ccccc1. The number of ether oxygens (including phenoxy) is 1. The van der Waals surface area contributed by atoms with Crippen LogP contribution in [0.2, 0.25) is 5.02 Å². The predicted molar refractivity (Wildman–Crippen MR) is 129 cm³/mol. The highest BCUT2D eigenvalue weighted by Gasteiger charge is 2.16. The number of halogens is 1. The molecule has 0 fully saturated rings. The maximum absolute atomic E-state index is 12.4. The van der Waals surface area contributed by atoms with Gasteiger partial charge in [-0.3, -0.25) is 9.36 Å². The van der Waals surface area contributed by atoms with Crippen LogP contribution in [0.4, 0.5) is 0 Å². The molecule has 1 amide bonds. The van der Waals surface area contributed by atoms with Gasteiger partial charge in [-0.1, -0.05) is 59.8 Å². The Labute approximate surface area is 198 Å². The number of thioether (sulfide) groups is 1. The third-order valence-corrected chi connectivity index (χ3v) is 6.46. The lowest BCUT2D eigenvalue weighted by Crippen LogP contribution is -2.28. The summed E-state index contributed by atoms with van der Waals surface area (Å²) < 4.78 is 7.84. The molecule has 0 radical (unpaired) electrons. The molecule has 1 atom stereocenters. The van der Waals surface area contributed by atoms with E-state index in [0.29, 0.717) is 17.5 Å². The van der Waals surface area contributed by atoms with Crippen LogP contribution >= 0.6 is 23.4 Å². The van der Waals surface area contributed by atoms with E-state index in [2.05, 4.69) is 22.1 Å². The molecule has 2 aromatic carbocycles. The first-order chi connectivity index (χ1) is 15.4. The van der Waals surface area contributed by atoms with Crippen molar-refractivity contribution in [1.82, 2.24) is 20.1 Å². The predicted octanol–water partition coefficient (Wildman–Crippen LogP) is 5.28. The monoisotopic (exact) mass is 470 g/mol. The molecule has 0 saturated carbocycles. The molecule has 3 aromatic rings. The van der Waals surface area contributed by atoms with Crippen molar-refractivity contribution < 1.29 is 9.53 Å². The Hall–Kier alpha value is -2.77. The van der Waals surface area contributed by atoms with Crippen LogP contribution in [-0.4, -0.2) is 26.4 Å². The molecule has 1 heterocycles. The van der Waals surface area contributed by atoms with Gasteiger partial charge in [-0.25, -0.2) is 0 Å². The molecule has 0 aliphatic heterocycles. The Morgan fingerprint density at radius 2 is 1.94 bits per heavy atom. The lowest BCUT2D eigenvalue weighted by molar-refractivity contribution is -0.119. The fourth-order valence-electron chi connectivity index (χ4n) is 3.22. The summed E-state index contributed by atoms with van der Waals surface area (Å²) in [6.45, 7) is 10.4. The van der Waals surface area contributed by atoms with E-state index in [0.717, 1.165) is 27.5 Å². The molecule has 0 spiro atoms. The third-order valence-electron chi connectivity index (χ3n) is 4.89. The van der Waals surface area contributed by atoms with E-state index in [9.17, 15) is 4.79 Å². The maximum atomic E-state index is 12.4. The zero-order valence-electron chi connectivity index (χ0n) is 18.5. The highest BCUT2D eigenvalue weighted by Crippen LogP contribution is 2.26. The number of carbonyl (C=O) groups is 1. The number of benzene rings is 2. The number of allylic oxidation sites excluding steroid dienone is 1. The van der Waals surface area contributed by atoms with Gasteiger partial charge in [0.05, 0.1) is 11.8 Å². The highest BCUT2D eigenvalue weighted by molar-refractivity contribution is 7.99. The maximum Gasteiger partial charge on any atom is 0.230 e. The number of amides is 1. The minimum Gasteiger partial charge on any atom is -0.486 e. The topological polar surface area (TPSA) is 69.0 Å². The zero-order chi connectivity index (χ0) is 23.1. The summed E-state index contributed by atoms with van der Waals surface area (Å²) in [7, 11) is 0. The second kappa shape index (κ2) is 11.2. The number of carbonyl (C=O) groups excluding carboxylic acids is 1. The molecule has 8 heteroatoms. The standard InChI is InChI=1S/C24H27ClN4O2S/c1-5-11-29-21(14-31-20-12-16(2)23(25)17(3)13-20)27-28-24(29)32-15-22(30)26-18(4)19-9-7-6-8-10-19/h5-10,12-13,18H,1,11,14-15H2,2-4H3,(H,26,30). The minimum atomic E-state index is -0.0654. The Bertz CT molecular complexity index is 1060. The van der Waals surface area contributed by atoms with Gasteiger partial charge in [-0.2, -0.15) is 0 Å². The molecule has 0 aliphatic rings. The summed E-state index contributed by atoms with van der Waals surface area (Å²) in [6, 6.07) is 13.6. The molecular formula is C24H27ClN4O2S. The number of aromatic nitrogens is 3. The van der Waals surface area contributed by atoms with E-state index in [4.69, 9.17) is 16.3 Å². The van der Waals surface area contributed by atoms with E-state index >= 15 is 0 Å². The summed E-state index contributed by atoms with van der Waals surface area (Å²) in [4.78, 5) is 12.4. The Balaban J connectivity index is 1.61. The van der Waals surface area contributed by atoms with Crippen molar-refractivity contribution >= 4 is 29.3 Å². The molecule has 6 nitrogen and oxygen atoms in total. The summed E-state index contributed by atoms with van der Waals surface area (Å²) in [5.74, 6) is 1.56. The van der Waals surface area contributed by atoms with E-state index in [1.165, 1.54) is 11.8 Å². The lowest BCUT2D eigenvalue weighted by Gasteiger charge is -2.14. The molecule has 3 rings (SSSR count). The van der Waals surface area contributed by atoms with Crippen molar-refractivity contribution in [3.05, 3.63) is 82.7 Å². The quantitative estimate of drug-likeness (QED) is 0.322. The van der Waals surface area contributed by atoms with Gasteiger partial charge in [-0.05, 0) is 49.6 Å².